The van der Waals surface area contributed by atoms with Crippen molar-refractivity contribution in [3.63, 3.8) is 0 Å². The lowest BCUT2D eigenvalue weighted by molar-refractivity contribution is 0.0697. The van der Waals surface area contributed by atoms with Crippen LogP contribution in [0.3, 0.4) is 0 Å². The van der Waals surface area contributed by atoms with E-state index in [0.29, 0.717) is 17.9 Å². The van der Waals surface area contributed by atoms with Gasteiger partial charge in [0, 0.05) is 24.2 Å². The van der Waals surface area contributed by atoms with Gasteiger partial charge in [-0.05, 0) is 37.6 Å². The molecule has 1 aliphatic heterocycles. The molecular formula is C20H19N3O3. The third kappa shape index (κ3) is 3.23. The van der Waals surface area contributed by atoms with Gasteiger partial charge in [-0.25, -0.2) is 4.79 Å². The first-order chi connectivity index (χ1) is 12.7. The zero-order chi connectivity index (χ0) is 17.9. The molecule has 1 saturated heterocycles. The Labute approximate surface area is 151 Å². The summed E-state index contributed by atoms with van der Waals surface area (Å²) in [5, 5.41) is 9.36. The van der Waals surface area contributed by atoms with Crippen molar-refractivity contribution in [1.82, 2.24) is 14.9 Å². The number of hydrogen-bond donors (Lipinski definition) is 1. The number of carboxylic acids is 1. The third-order valence-electron chi connectivity index (χ3n) is 4.73. The highest BCUT2D eigenvalue weighted by Crippen LogP contribution is 2.33. The van der Waals surface area contributed by atoms with E-state index in [1.54, 1.807) is 30.6 Å². The summed E-state index contributed by atoms with van der Waals surface area (Å²) in [5.41, 5.74) is 1.82. The molecule has 2 aromatic heterocycles. The number of aromatic nitrogens is 2. The van der Waals surface area contributed by atoms with Crippen LogP contribution in [0, 0.1) is 0 Å². The van der Waals surface area contributed by atoms with Crippen LogP contribution in [-0.2, 0) is 6.54 Å². The Morgan fingerprint density at radius 2 is 2.12 bits per heavy atom. The zero-order valence-corrected chi connectivity index (χ0v) is 14.2. The second-order valence-electron chi connectivity index (χ2n) is 6.38. The van der Waals surface area contributed by atoms with Gasteiger partial charge in [0.25, 0.3) is 0 Å². The summed E-state index contributed by atoms with van der Waals surface area (Å²) in [4.78, 5) is 22.4. The summed E-state index contributed by atoms with van der Waals surface area (Å²) in [6.07, 6.45) is 7.38. The minimum atomic E-state index is -0.958. The molecule has 1 N–H and O–H groups in total. The van der Waals surface area contributed by atoms with E-state index in [4.69, 9.17) is 4.42 Å². The maximum Gasteiger partial charge on any atom is 0.336 e. The maximum absolute atomic E-state index is 11.4. The van der Waals surface area contributed by atoms with E-state index >= 15 is 0 Å². The van der Waals surface area contributed by atoms with E-state index in [1.165, 1.54) is 0 Å². The summed E-state index contributed by atoms with van der Waals surface area (Å²) >= 11 is 0. The predicted octanol–water partition coefficient (Wildman–Crippen LogP) is 3.77. The smallest absolute Gasteiger partial charge is 0.336 e. The summed E-state index contributed by atoms with van der Waals surface area (Å²) in [7, 11) is 0. The van der Waals surface area contributed by atoms with E-state index in [0.717, 1.165) is 30.8 Å². The molecular weight excluding hydrogens is 330 g/mol. The largest absolute Gasteiger partial charge is 0.478 e. The SMILES string of the molecule is O=C(O)c1ccccc1-c1ccc(CN2CCC[C@@H]2c2cnccn2)o1. The normalized spacial score (nSPS) is 17.5. The Balaban J connectivity index is 1.55. The average molecular weight is 349 g/mol. The molecule has 132 valence electrons. The van der Waals surface area contributed by atoms with Crippen molar-refractivity contribution in [2.24, 2.45) is 0 Å². The van der Waals surface area contributed by atoms with Crippen molar-refractivity contribution in [2.45, 2.75) is 25.4 Å². The summed E-state index contributed by atoms with van der Waals surface area (Å²) in [5.74, 6) is 0.435. The van der Waals surface area contributed by atoms with Crippen molar-refractivity contribution >= 4 is 5.97 Å². The van der Waals surface area contributed by atoms with E-state index in [2.05, 4.69) is 14.9 Å². The molecule has 6 nitrogen and oxygen atoms in total. The number of likely N-dealkylation sites (tertiary alicyclic amines) is 1. The van der Waals surface area contributed by atoms with Crippen LogP contribution in [0.2, 0.25) is 0 Å². The van der Waals surface area contributed by atoms with Crippen LogP contribution in [-0.4, -0.2) is 32.5 Å². The topological polar surface area (TPSA) is 79.5 Å². The summed E-state index contributed by atoms with van der Waals surface area (Å²) < 4.78 is 5.97. The van der Waals surface area contributed by atoms with Crippen LogP contribution >= 0.6 is 0 Å². The number of carbonyl (C=O) groups is 1. The van der Waals surface area contributed by atoms with Crippen LogP contribution in [0.15, 0.2) is 59.4 Å². The Morgan fingerprint density at radius 3 is 2.92 bits per heavy atom. The highest BCUT2D eigenvalue weighted by Gasteiger charge is 2.28. The van der Waals surface area contributed by atoms with E-state index in [-0.39, 0.29) is 11.6 Å². The van der Waals surface area contributed by atoms with Crippen molar-refractivity contribution in [3.05, 3.63) is 72.0 Å². The molecule has 1 fully saturated rings. The quantitative estimate of drug-likeness (QED) is 0.755. The number of nitrogens with zero attached hydrogens (tertiary/aromatic N) is 3. The lowest BCUT2D eigenvalue weighted by Gasteiger charge is -2.22. The first-order valence-corrected chi connectivity index (χ1v) is 8.64. The van der Waals surface area contributed by atoms with E-state index < -0.39 is 5.97 Å². The molecule has 3 heterocycles. The number of furan rings is 1. The minimum absolute atomic E-state index is 0.239. The molecule has 1 atom stereocenters. The summed E-state index contributed by atoms with van der Waals surface area (Å²) in [6.45, 7) is 1.64. The molecule has 1 aromatic carbocycles. The molecule has 6 heteroatoms. The maximum atomic E-state index is 11.4. The molecule has 4 rings (SSSR count). The van der Waals surface area contributed by atoms with Gasteiger partial charge in [0.05, 0.1) is 23.8 Å². The van der Waals surface area contributed by atoms with Crippen LogP contribution in [0.25, 0.3) is 11.3 Å². The molecule has 0 spiro atoms. The fourth-order valence-corrected chi connectivity index (χ4v) is 3.53. The minimum Gasteiger partial charge on any atom is -0.478 e. The molecule has 0 aliphatic carbocycles. The molecule has 0 saturated carbocycles. The van der Waals surface area contributed by atoms with Gasteiger partial charge in [-0.15, -0.1) is 0 Å². The van der Waals surface area contributed by atoms with Gasteiger partial charge in [-0.1, -0.05) is 18.2 Å². The fourth-order valence-electron chi connectivity index (χ4n) is 3.53. The second kappa shape index (κ2) is 7.09. The van der Waals surface area contributed by atoms with Gasteiger partial charge < -0.3 is 9.52 Å². The van der Waals surface area contributed by atoms with Crippen LogP contribution < -0.4 is 0 Å². The Kier molecular flexibility index (Phi) is 4.50. The highest BCUT2D eigenvalue weighted by atomic mass is 16.4. The lowest BCUT2D eigenvalue weighted by Crippen LogP contribution is -2.23. The van der Waals surface area contributed by atoms with Crippen molar-refractivity contribution in [3.8, 4) is 11.3 Å². The van der Waals surface area contributed by atoms with Crippen LogP contribution in [0.1, 0.15) is 40.7 Å². The zero-order valence-electron chi connectivity index (χ0n) is 14.2. The molecule has 0 unspecified atom stereocenters. The lowest BCUT2D eigenvalue weighted by atomic mass is 10.1. The van der Waals surface area contributed by atoms with Crippen LogP contribution in [0.5, 0.6) is 0 Å². The molecule has 26 heavy (non-hydrogen) atoms. The Bertz CT molecular complexity index is 907. The number of rotatable bonds is 5. The number of benzene rings is 1. The third-order valence-corrected chi connectivity index (χ3v) is 4.73. The van der Waals surface area contributed by atoms with Gasteiger partial charge in [0.1, 0.15) is 11.5 Å². The van der Waals surface area contributed by atoms with Gasteiger partial charge in [0.15, 0.2) is 0 Å². The van der Waals surface area contributed by atoms with Gasteiger partial charge >= 0.3 is 5.97 Å². The van der Waals surface area contributed by atoms with E-state index in [9.17, 15) is 9.90 Å². The average Bonchev–Trinajstić information content (AvgIpc) is 3.32. The van der Waals surface area contributed by atoms with E-state index in [1.807, 2.05) is 24.4 Å². The highest BCUT2D eigenvalue weighted by molar-refractivity contribution is 5.95. The van der Waals surface area contributed by atoms with Crippen molar-refractivity contribution in [2.75, 3.05) is 6.54 Å². The Hall–Kier alpha value is -2.99. The number of aromatic carboxylic acids is 1. The second-order valence-corrected chi connectivity index (χ2v) is 6.38. The summed E-state index contributed by atoms with van der Waals surface area (Å²) in [6, 6.07) is 10.9. The Morgan fingerprint density at radius 1 is 1.23 bits per heavy atom. The number of hydrogen-bond acceptors (Lipinski definition) is 5. The van der Waals surface area contributed by atoms with Crippen molar-refractivity contribution < 1.29 is 14.3 Å². The molecule has 1 aliphatic rings. The van der Waals surface area contributed by atoms with Crippen LogP contribution in [0.4, 0.5) is 0 Å². The first kappa shape index (κ1) is 16.5. The molecule has 0 bridgehead atoms. The van der Waals surface area contributed by atoms with Gasteiger partial charge in [-0.3, -0.25) is 14.9 Å². The molecule has 0 radical (unpaired) electrons. The number of carboxylic acid groups (broad SMARTS) is 1. The predicted molar refractivity (Wildman–Crippen MR) is 95.5 cm³/mol. The monoisotopic (exact) mass is 349 g/mol. The molecule has 0 amide bonds. The standard InChI is InChI=1S/C20H19N3O3/c24-20(25)16-5-2-1-4-15(16)19-8-7-14(26-19)13-23-11-3-6-18(23)17-12-21-9-10-22-17/h1-2,4-5,7-10,12,18H,3,6,11,13H2,(H,24,25)/t18-/m1/s1. The molecule has 3 aromatic rings. The van der Waals surface area contributed by atoms with Crippen molar-refractivity contribution in [1.29, 1.82) is 0 Å². The van der Waals surface area contributed by atoms with Gasteiger partial charge in [-0.2, -0.15) is 0 Å². The van der Waals surface area contributed by atoms with Gasteiger partial charge in [0.2, 0.25) is 0 Å². The first-order valence-electron chi connectivity index (χ1n) is 8.64. The fraction of sp³-hybridized carbons (Fsp3) is 0.250.